The van der Waals surface area contributed by atoms with E-state index in [4.69, 9.17) is 4.74 Å². The van der Waals surface area contributed by atoms with Gasteiger partial charge in [-0.05, 0) is 86.1 Å². The molecule has 0 bridgehead atoms. The average molecular weight is 749 g/mol. The summed E-state index contributed by atoms with van der Waals surface area (Å²) in [7, 11) is 1.46. The minimum Gasteiger partial charge on any atom is -0.452 e. The Kier molecular flexibility index (Phi) is 6.83. The van der Waals surface area contributed by atoms with Crippen LogP contribution in [-0.2, 0) is 4.74 Å². The van der Waals surface area contributed by atoms with Crippen molar-refractivity contribution >= 4 is 97.9 Å². The predicted octanol–water partition coefficient (Wildman–Crippen LogP) is 14.9. The van der Waals surface area contributed by atoms with Crippen LogP contribution in [0.4, 0.5) is 21.9 Å². The molecule has 11 aromatic rings. The Balaban J connectivity index is 0.996. The van der Waals surface area contributed by atoms with Crippen LogP contribution in [0.25, 0.3) is 96.9 Å². The quantitative estimate of drug-likeness (QED) is 0.180. The third kappa shape index (κ3) is 4.70. The second-order valence-corrected chi connectivity index (χ2v) is 15.9. The van der Waals surface area contributed by atoms with Crippen LogP contribution in [0.15, 0.2) is 176 Å². The fourth-order valence-corrected chi connectivity index (χ4v) is 10.4. The number of aromatic nitrogens is 1. The number of hydrogen-bond donors (Lipinski definition) is 0. The Morgan fingerprint density at radius 2 is 1.16 bits per heavy atom. The van der Waals surface area contributed by atoms with Gasteiger partial charge in [0.25, 0.3) is 0 Å². The van der Waals surface area contributed by atoms with E-state index in [1.54, 1.807) is 4.57 Å². The van der Waals surface area contributed by atoms with Crippen LogP contribution in [0.5, 0.6) is 0 Å². The molecule has 57 heavy (non-hydrogen) atoms. The molecule has 0 saturated heterocycles. The van der Waals surface area contributed by atoms with E-state index in [2.05, 4.69) is 181 Å². The van der Waals surface area contributed by atoms with Crippen LogP contribution in [0.1, 0.15) is 0 Å². The Morgan fingerprint density at radius 1 is 0.526 bits per heavy atom. The lowest BCUT2D eigenvalue weighted by Gasteiger charge is -2.27. The van der Waals surface area contributed by atoms with Crippen molar-refractivity contribution in [3.8, 4) is 33.5 Å². The van der Waals surface area contributed by atoms with Gasteiger partial charge in [-0.25, -0.2) is 9.36 Å². The summed E-state index contributed by atoms with van der Waals surface area (Å²) >= 11 is 1.82. The molecule has 0 radical (unpaired) electrons. The zero-order valence-corrected chi connectivity index (χ0v) is 31.7. The molecular weight excluding hydrogens is 717 g/mol. The molecule has 12 rings (SSSR count). The lowest BCUT2D eigenvalue weighted by atomic mass is 9.99. The summed E-state index contributed by atoms with van der Waals surface area (Å²) in [5.74, 6) is 0. The molecule has 2 aromatic heterocycles. The number of carbonyl (C=O) groups is 1. The zero-order chi connectivity index (χ0) is 37.8. The molecule has 1 aliphatic rings. The monoisotopic (exact) mass is 748 g/mol. The maximum Gasteiger partial charge on any atom is 0.418 e. The van der Waals surface area contributed by atoms with E-state index in [0.717, 1.165) is 61.5 Å². The summed E-state index contributed by atoms with van der Waals surface area (Å²) in [5, 5.41) is 10.7. The fourth-order valence-electron chi connectivity index (χ4n) is 9.25. The molecule has 268 valence electrons. The van der Waals surface area contributed by atoms with Crippen molar-refractivity contribution in [2.75, 3.05) is 12.0 Å². The standard InChI is InChI=1S/C52H32N2O2S/c1-56-52(55)54-46-28-35(21-25-42(46)50-43-16-6-13-33-14-7-17-44(49(33)43)51(50)54)36-20-24-40-41-26-23-38(30-48(41)57-47(40)29-36)53(37-22-19-31-9-2-3-11-34(31)27-37)45-18-8-12-32-10-4-5-15-39(32)45/h2-30H,1H3. The smallest absolute Gasteiger partial charge is 0.418 e. The second-order valence-electron chi connectivity index (χ2n) is 14.8. The maximum absolute atomic E-state index is 13.6. The SMILES string of the molecule is COC(=O)n1c2c(c3ccc(-c4ccc5c(c4)sc4cc(N(c6ccc7ccccc7c6)c6cccc7ccccc67)ccc45)cc31)-c1cccc3cccc-2c13. The van der Waals surface area contributed by atoms with Crippen LogP contribution in [0, 0.1) is 0 Å². The van der Waals surface area contributed by atoms with Crippen molar-refractivity contribution in [3.05, 3.63) is 176 Å². The number of benzene rings is 9. The van der Waals surface area contributed by atoms with Gasteiger partial charge in [0.05, 0.1) is 24.0 Å². The van der Waals surface area contributed by atoms with Gasteiger partial charge in [0, 0.05) is 53.4 Å². The second kappa shape index (κ2) is 12.1. The summed E-state index contributed by atoms with van der Waals surface area (Å²) in [6, 6.07) is 63.3. The molecule has 4 nitrogen and oxygen atoms in total. The maximum atomic E-state index is 13.6. The Labute approximate surface area is 332 Å². The molecule has 0 atom stereocenters. The molecule has 0 spiro atoms. The van der Waals surface area contributed by atoms with Crippen molar-refractivity contribution in [2.45, 2.75) is 0 Å². The topological polar surface area (TPSA) is 34.5 Å². The van der Waals surface area contributed by atoms with Crippen molar-refractivity contribution in [3.63, 3.8) is 0 Å². The van der Waals surface area contributed by atoms with Crippen molar-refractivity contribution in [2.24, 2.45) is 0 Å². The molecule has 0 N–H and O–H groups in total. The van der Waals surface area contributed by atoms with Crippen LogP contribution in [0.2, 0.25) is 0 Å². The minimum absolute atomic E-state index is 0.389. The summed E-state index contributed by atoms with van der Waals surface area (Å²) < 4.78 is 9.61. The average Bonchev–Trinajstić information content (AvgIpc) is 3.91. The molecule has 0 saturated carbocycles. The van der Waals surface area contributed by atoms with Crippen molar-refractivity contribution in [1.82, 2.24) is 4.57 Å². The minimum atomic E-state index is -0.389. The first-order chi connectivity index (χ1) is 28.1. The van der Waals surface area contributed by atoms with Gasteiger partial charge in [-0.15, -0.1) is 11.3 Å². The number of ether oxygens (including phenoxy) is 1. The van der Waals surface area contributed by atoms with Crippen LogP contribution < -0.4 is 4.90 Å². The van der Waals surface area contributed by atoms with Gasteiger partial charge in [-0.1, -0.05) is 133 Å². The van der Waals surface area contributed by atoms with Crippen molar-refractivity contribution < 1.29 is 9.53 Å². The molecule has 0 fully saturated rings. The number of hydrogen-bond acceptors (Lipinski definition) is 4. The number of nitrogens with zero attached hydrogens (tertiary/aromatic N) is 2. The van der Waals surface area contributed by atoms with Gasteiger partial charge in [-0.2, -0.15) is 0 Å². The molecule has 9 aromatic carbocycles. The third-order valence-corrected chi connectivity index (χ3v) is 12.9. The molecule has 2 heterocycles. The van der Waals surface area contributed by atoms with Gasteiger partial charge in [0.1, 0.15) is 0 Å². The molecule has 5 heteroatoms. The highest BCUT2D eigenvalue weighted by Crippen LogP contribution is 2.52. The van der Waals surface area contributed by atoms with Crippen LogP contribution >= 0.6 is 11.3 Å². The first-order valence-corrected chi connectivity index (χ1v) is 20.0. The van der Waals surface area contributed by atoms with E-state index < -0.39 is 0 Å². The zero-order valence-electron chi connectivity index (χ0n) is 30.9. The van der Waals surface area contributed by atoms with Crippen molar-refractivity contribution in [1.29, 1.82) is 0 Å². The molecule has 0 aliphatic heterocycles. The highest BCUT2D eigenvalue weighted by Gasteiger charge is 2.31. The first-order valence-electron chi connectivity index (χ1n) is 19.2. The number of carbonyl (C=O) groups excluding carboxylic acids is 1. The van der Waals surface area contributed by atoms with E-state index in [1.807, 2.05) is 11.3 Å². The Morgan fingerprint density at radius 3 is 2.00 bits per heavy atom. The first kappa shape index (κ1) is 32.1. The predicted molar refractivity (Wildman–Crippen MR) is 240 cm³/mol. The highest BCUT2D eigenvalue weighted by molar-refractivity contribution is 7.25. The number of anilines is 3. The van der Waals surface area contributed by atoms with Gasteiger partial charge < -0.3 is 9.64 Å². The van der Waals surface area contributed by atoms with Crippen LogP contribution in [0.3, 0.4) is 0 Å². The molecule has 1 aliphatic carbocycles. The van der Waals surface area contributed by atoms with Gasteiger partial charge in [0.2, 0.25) is 0 Å². The fraction of sp³-hybridized carbons (Fsp3) is 0.0192. The molecule has 0 unspecified atom stereocenters. The largest absolute Gasteiger partial charge is 0.452 e. The Hall–Kier alpha value is -7.21. The summed E-state index contributed by atoms with van der Waals surface area (Å²) in [6.45, 7) is 0. The van der Waals surface area contributed by atoms with Gasteiger partial charge in [-0.3, -0.25) is 0 Å². The molecular formula is C52H32N2O2S. The highest BCUT2D eigenvalue weighted by atomic mass is 32.1. The van der Waals surface area contributed by atoms with E-state index in [0.29, 0.717) is 0 Å². The summed E-state index contributed by atoms with van der Waals surface area (Å²) in [4.78, 5) is 16.0. The number of fused-ring (bicyclic) bond motifs is 10. The lowest BCUT2D eigenvalue weighted by molar-refractivity contribution is 0.174. The van der Waals surface area contributed by atoms with Gasteiger partial charge >= 0.3 is 6.09 Å². The number of rotatable bonds is 4. The number of methoxy groups -OCH3 is 1. The lowest BCUT2D eigenvalue weighted by Crippen LogP contribution is -2.12. The number of thiophene rings is 1. The third-order valence-electron chi connectivity index (χ3n) is 11.8. The normalized spacial score (nSPS) is 12.0. The van der Waals surface area contributed by atoms with E-state index >= 15 is 0 Å². The van der Waals surface area contributed by atoms with E-state index in [9.17, 15) is 4.79 Å². The summed E-state index contributed by atoms with van der Waals surface area (Å²) in [6.07, 6.45) is -0.389. The van der Waals surface area contributed by atoms with E-state index in [1.165, 1.54) is 59.6 Å². The van der Waals surface area contributed by atoms with E-state index in [-0.39, 0.29) is 6.09 Å². The molecule has 0 amide bonds. The van der Waals surface area contributed by atoms with Gasteiger partial charge in [0.15, 0.2) is 0 Å². The summed E-state index contributed by atoms with van der Waals surface area (Å²) in [5.41, 5.74) is 10.6. The van der Waals surface area contributed by atoms with Crippen LogP contribution in [-0.4, -0.2) is 17.8 Å². The Bertz CT molecular complexity index is 3490.